The van der Waals surface area contributed by atoms with E-state index < -0.39 is 11.9 Å². The summed E-state index contributed by atoms with van der Waals surface area (Å²) in [6.07, 6.45) is 21.3. The van der Waals surface area contributed by atoms with E-state index in [9.17, 15) is 14.8 Å². The zero-order valence-electron chi connectivity index (χ0n) is 19.2. The van der Waals surface area contributed by atoms with Crippen LogP contribution in [-0.2, 0) is 9.59 Å². The summed E-state index contributed by atoms with van der Waals surface area (Å²) in [5.74, 6) is -0.727. The molecule has 172 valence electrons. The van der Waals surface area contributed by atoms with E-state index in [-0.39, 0.29) is 5.91 Å². The molecule has 0 aromatic carbocycles. The normalized spacial score (nSPS) is 12.0. The first kappa shape index (κ1) is 27.9. The molecular weight excluding hydrogens is 364 g/mol. The van der Waals surface area contributed by atoms with Gasteiger partial charge in [0.05, 0.1) is 0 Å². The van der Waals surface area contributed by atoms with Crippen molar-refractivity contribution in [1.82, 2.24) is 10.8 Å². The van der Waals surface area contributed by atoms with Crippen LogP contribution in [0.1, 0.15) is 136 Å². The van der Waals surface area contributed by atoms with E-state index in [1.165, 1.54) is 82.5 Å². The third-order valence-electron chi connectivity index (χ3n) is 5.61. The third kappa shape index (κ3) is 18.7. The monoisotopic (exact) mass is 411 g/mol. The van der Waals surface area contributed by atoms with Crippen molar-refractivity contribution in [2.75, 3.05) is 0 Å². The van der Waals surface area contributed by atoms with Gasteiger partial charge in [-0.3, -0.25) is 9.59 Å². The molecule has 5 heteroatoms. The number of unbranched alkanes of at least 4 members (excludes halogenated alkanes) is 15. The van der Waals surface area contributed by atoms with Crippen molar-refractivity contribution in [2.45, 2.75) is 142 Å². The van der Waals surface area contributed by atoms with E-state index in [0.29, 0.717) is 12.8 Å². The van der Waals surface area contributed by atoms with Crippen LogP contribution in [0.5, 0.6) is 0 Å². The highest BCUT2D eigenvalue weighted by Crippen LogP contribution is 2.12. The molecule has 1 unspecified atom stereocenters. The van der Waals surface area contributed by atoms with Gasteiger partial charge in [0.2, 0.25) is 11.8 Å². The van der Waals surface area contributed by atoms with Crippen molar-refractivity contribution >= 4 is 11.8 Å². The second-order valence-corrected chi connectivity index (χ2v) is 8.43. The van der Waals surface area contributed by atoms with Crippen molar-refractivity contribution in [3.8, 4) is 0 Å². The average Bonchev–Trinajstić information content (AvgIpc) is 2.73. The van der Waals surface area contributed by atoms with Crippen molar-refractivity contribution < 1.29 is 9.59 Å². The highest BCUT2D eigenvalue weighted by Gasteiger charge is 2.17. The van der Waals surface area contributed by atoms with Crippen LogP contribution in [0.25, 0.3) is 0 Å². The van der Waals surface area contributed by atoms with Gasteiger partial charge < -0.3 is 16.0 Å². The minimum absolute atomic E-state index is 0.110. The Hall–Kier alpha value is -1.10. The van der Waals surface area contributed by atoms with Gasteiger partial charge in [0.15, 0.2) is 0 Å². The molecule has 0 spiro atoms. The van der Waals surface area contributed by atoms with Gasteiger partial charge in [0.1, 0.15) is 6.04 Å². The average molecular weight is 412 g/mol. The SMILES string of the molecule is CCCCCCCCCCCC(=O)NC(CCCCCCCCCC)C(=O)N[O-]. The lowest BCUT2D eigenvalue weighted by Gasteiger charge is -2.20. The van der Waals surface area contributed by atoms with Crippen molar-refractivity contribution in [2.24, 2.45) is 0 Å². The molecular formula is C24H47N2O3-. The fourth-order valence-corrected chi connectivity index (χ4v) is 3.69. The summed E-state index contributed by atoms with van der Waals surface area (Å²) in [5.41, 5.74) is 1.45. The standard InChI is InChI=1S/C24H47N2O3/c1-3-5-7-9-11-13-15-17-19-21-23(27)25-22(24(28)26-29)20-18-16-14-12-10-8-6-4-2/h22H,3-21H2,1-2H3,(H2-,25,26,27,28,29)/q-1. The van der Waals surface area contributed by atoms with Crippen molar-refractivity contribution in [3.05, 3.63) is 5.21 Å². The van der Waals surface area contributed by atoms with Gasteiger partial charge in [-0.1, -0.05) is 117 Å². The summed E-state index contributed by atoms with van der Waals surface area (Å²) in [6.45, 7) is 4.44. The van der Waals surface area contributed by atoms with Gasteiger partial charge in [0, 0.05) is 6.42 Å². The zero-order chi connectivity index (χ0) is 21.6. The first-order valence-corrected chi connectivity index (χ1v) is 12.4. The van der Waals surface area contributed by atoms with Crippen LogP contribution in [0, 0.1) is 5.21 Å². The van der Waals surface area contributed by atoms with Crippen LogP contribution in [0.3, 0.4) is 0 Å². The molecule has 0 aliphatic carbocycles. The molecule has 0 bridgehead atoms. The van der Waals surface area contributed by atoms with Crippen LogP contribution in [0.2, 0.25) is 0 Å². The minimum Gasteiger partial charge on any atom is -0.759 e. The van der Waals surface area contributed by atoms with Crippen LogP contribution >= 0.6 is 0 Å². The second-order valence-electron chi connectivity index (χ2n) is 8.43. The number of hydroxylamine groups is 1. The Morgan fingerprint density at radius 1 is 0.655 bits per heavy atom. The summed E-state index contributed by atoms with van der Waals surface area (Å²) >= 11 is 0. The summed E-state index contributed by atoms with van der Waals surface area (Å²) in [7, 11) is 0. The molecule has 0 aliphatic rings. The Morgan fingerprint density at radius 2 is 1.07 bits per heavy atom. The lowest BCUT2D eigenvalue weighted by Crippen LogP contribution is -2.45. The molecule has 0 aromatic heterocycles. The van der Waals surface area contributed by atoms with Crippen LogP contribution in [-0.4, -0.2) is 17.9 Å². The maximum atomic E-state index is 12.1. The fraction of sp³-hybridized carbons (Fsp3) is 0.917. The summed E-state index contributed by atoms with van der Waals surface area (Å²) in [5, 5.41) is 13.5. The molecule has 0 aliphatic heterocycles. The lowest BCUT2D eigenvalue weighted by atomic mass is 10.0. The molecule has 29 heavy (non-hydrogen) atoms. The fourth-order valence-electron chi connectivity index (χ4n) is 3.69. The highest BCUT2D eigenvalue weighted by atomic mass is 16.5. The zero-order valence-corrected chi connectivity index (χ0v) is 19.2. The van der Waals surface area contributed by atoms with Gasteiger partial charge in [0.25, 0.3) is 0 Å². The van der Waals surface area contributed by atoms with Gasteiger partial charge in [-0.2, -0.15) is 0 Å². The van der Waals surface area contributed by atoms with E-state index in [0.717, 1.165) is 32.1 Å². The van der Waals surface area contributed by atoms with E-state index in [1.54, 1.807) is 0 Å². The Kier molecular flexibility index (Phi) is 20.8. The first-order valence-electron chi connectivity index (χ1n) is 12.4. The van der Waals surface area contributed by atoms with E-state index in [2.05, 4.69) is 19.2 Å². The molecule has 0 rings (SSSR count). The predicted molar refractivity (Wildman–Crippen MR) is 123 cm³/mol. The Labute approximate surface area is 179 Å². The highest BCUT2D eigenvalue weighted by molar-refractivity contribution is 5.87. The third-order valence-corrected chi connectivity index (χ3v) is 5.61. The molecule has 0 fully saturated rings. The molecule has 0 aromatic rings. The van der Waals surface area contributed by atoms with Crippen LogP contribution < -0.4 is 10.8 Å². The summed E-state index contributed by atoms with van der Waals surface area (Å²) in [4.78, 5) is 23.9. The molecule has 2 N–H and O–H groups in total. The number of amides is 2. The maximum Gasteiger partial charge on any atom is 0.232 e. The second kappa shape index (κ2) is 21.6. The first-order chi connectivity index (χ1) is 14.2. The Bertz CT molecular complexity index is 388. The van der Waals surface area contributed by atoms with Crippen molar-refractivity contribution in [3.63, 3.8) is 0 Å². The van der Waals surface area contributed by atoms with Crippen LogP contribution in [0.4, 0.5) is 0 Å². The maximum absolute atomic E-state index is 12.1. The number of rotatable bonds is 21. The molecule has 0 heterocycles. The van der Waals surface area contributed by atoms with E-state index in [1.807, 2.05) is 0 Å². The smallest absolute Gasteiger partial charge is 0.232 e. The Morgan fingerprint density at radius 3 is 1.52 bits per heavy atom. The number of hydrogen-bond donors (Lipinski definition) is 2. The molecule has 0 saturated carbocycles. The molecule has 0 saturated heterocycles. The molecule has 0 radical (unpaired) electrons. The van der Waals surface area contributed by atoms with Gasteiger partial charge in [-0.15, -0.1) is 0 Å². The molecule has 1 atom stereocenters. The van der Waals surface area contributed by atoms with Crippen LogP contribution in [0.15, 0.2) is 0 Å². The van der Waals surface area contributed by atoms with E-state index in [4.69, 9.17) is 0 Å². The molecule has 2 amide bonds. The largest absolute Gasteiger partial charge is 0.759 e. The minimum atomic E-state index is -0.682. The topological polar surface area (TPSA) is 81.3 Å². The van der Waals surface area contributed by atoms with E-state index >= 15 is 0 Å². The summed E-state index contributed by atoms with van der Waals surface area (Å²) < 4.78 is 0. The number of nitrogens with one attached hydrogen (secondary N) is 2. The number of carbonyl (C=O) groups excluding carboxylic acids is 2. The number of carbonyl (C=O) groups is 2. The predicted octanol–water partition coefficient (Wildman–Crippen LogP) is 6.54. The Balaban J connectivity index is 3.80. The summed E-state index contributed by atoms with van der Waals surface area (Å²) in [6, 6.07) is -0.682. The quantitative estimate of drug-likeness (QED) is 0.166. The number of hydrogen-bond acceptors (Lipinski definition) is 3. The van der Waals surface area contributed by atoms with Gasteiger partial charge in [-0.25, -0.2) is 0 Å². The van der Waals surface area contributed by atoms with Gasteiger partial charge >= 0.3 is 0 Å². The van der Waals surface area contributed by atoms with Gasteiger partial charge in [-0.05, 0) is 12.8 Å². The molecule has 5 nitrogen and oxygen atoms in total. The van der Waals surface area contributed by atoms with Crippen molar-refractivity contribution in [1.29, 1.82) is 0 Å². The lowest BCUT2D eigenvalue weighted by molar-refractivity contribution is -0.128.